The van der Waals surface area contributed by atoms with Gasteiger partial charge in [0.25, 0.3) is 0 Å². The molecule has 0 aromatic heterocycles. The van der Waals surface area contributed by atoms with E-state index in [1.165, 1.54) is 5.57 Å². The van der Waals surface area contributed by atoms with Crippen LogP contribution in [0.2, 0.25) is 33.0 Å². The van der Waals surface area contributed by atoms with Gasteiger partial charge in [0.2, 0.25) is 0 Å². The molecule has 0 saturated carbocycles. The van der Waals surface area contributed by atoms with E-state index in [0.29, 0.717) is 5.75 Å². The summed E-state index contributed by atoms with van der Waals surface area (Å²) >= 11 is -2.14. The molecule has 0 aliphatic carbocycles. The van der Waals surface area contributed by atoms with Crippen molar-refractivity contribution in [1.82, 2.24) is 0 Å². The van der Waals surface area contributed by atoms with Gasteiger partial charge in [-0.1, -0.05) is 0 Å². The molecule has 3 nitrogen and oxygen atoms in total. The van der Waals surface area contributed by atoms with Crippen molar-refractivity contribution in [2.45, 2.75) is 73.2 Å². The molecule has 5 heteroatoms. The van der Waals surface area contributed by atoms with Gasteiger partial charge in [0.05, 0.1) is 0 Å². The number of ether oxygens (including phenoxy) is 1. The second-order valence-corrected chi connectivity index (χ2v) is 28.7. The van der Waals surface area contributed by atoms with Crippen molar-refractivity contribution >= 4 is 32.7 Å². The van der Waals surface area contributed by atoms with Gasteiger partial charge in [0.1, 0.15) is 0 Å². The summed E-state index contributed by atoms with van der Waals surface area (Å²) in [5.74, 6) is 0.344. The Bertz CT molecular complexity index is 625. The van der Waals surface area contributed by atoms with Crippen molar-refractivity contribution in [2.24, 2.45) is 0 Å². The Hall–Kier alpha value is -0.594. The quantitative estimate of drug-likeness (QED) is 0.263. The fourth-order valence-corrected chi connectivity index (χ4v) is 8.18. The summed E-state index contributed by atoms with van der Waals surface area (Å²) in [5, 5.41) is 0.0971. The summed E-state index contributed by atoms with van der Waals surface area (Å²) < 4.78 is 14.5. The summed E-state index contributed by atoms with van der Waals surface area (Å²) in [6.07, 6.45) is 0.0501. The number of carbonyl (C=O) groups is 1. The molecule has 26 heavy (non-hydrogen) atoms. The van der Waals surface area contributed by atoms with Gasteiger partial charge in [-0.15, -0.1) is 0 Å². The Morgan fingerprint density at radius 3 is 2.15 bits per heavy atom. The molecule has 0 heterocycles. The standard InChI is InChI=1S/C18H27O3Si.3CH3.Sn/c1-14(2)16(21-22(6,7)18(3,4)5)13-17(19)20-15-11-9-8-10-12-15;;;;/h1,8-12,16H,13H2,2-7H3;3*1H3;. The van der Waals surface area contributed by atoms with Gasteiger partial charge in [-0.2, -0.15) is 0 Å². The number of carbonyl (C=O) groups excluding carboxylic acids is 1. The van der Waals surface area contributed by atoms with E-state index < -0.39 is 26.7 Å². The number of rotatable bonds is 7. The van der Waals surface area contributed by atoms with Gasteiger partial charge < -0.3 is 0 Å². The number of hydrogen-bond acceptors (Lipinski definition) is 3. The SMILES string of the molecule is C/C(=[CH]/[Sn]([CH3])([CH3])[CH3])C(CC(=O)Oc1ccccc1)O[Si](C)(C)C(C)(C)C. The van der Waals surface area contributed by atoms with Gasteiger partial charge in [0, 0.05) is 0 Å². The number of para-hydroxylation sites is 1. The molecule has 0 radical (unpaired) electrons. The molecule has 146 valence electrons. The normalized spacial score (nSPS) is 14.9. The monoisotopic (exact) mass is 484 g/mol. The Labute approximate surface area is 165 Å². The third kappa shape index (κ3) is 7.97. The maximum atomic E-state index is 12.5. The van der Waals surface area contributed by atoms with Gasteiger partial charge in [-0.3, -0.25) is 0 Å². The first-order chi connectivity index (χ1) is 11.7. The molecule has 0 saturated heterocycles. The van der Waals surface area contributed by atoms with Crippen LogP contribution in [0, 0.1) is 0 Å². The molecule has 1 aromatic rings. The van der Waals surface area contributed by atoms with Crippen LogP contribution in [0.3, 0.4) is 0 Å². The summed E-state index contributed by atoms with van der Waals surface area (Å²) in [5.41, 5.74) is 1.18. The van der Waals surface area contributed by atoms with Crippen molar-refractivity contribution < 1.29 is 14.0 Å². The van der Waals surface area contributed by atoms with Crippen LogP contribution in [0.4, 0.5) is 0 Å². The third-order valence-corrected chi connectivity index (χ3v) is 13.0. The second-order valence-electron chi connectivity index (χ2n) is 9.61. The number of hydrogen-bond donors (Lipinski definition) is 0. The molecule has 0 bridgehead atoms. The van der Waals surface area contributed by atoms with E-state index in [4.69, 9.17) is 9.16 Å². The topological polar surface area (TPSA) is 35.5 Å². The van der Waals surface area contributed by atoms with E-state index in [-0.39, 0.29) is 23.5 Å². The number of benzene rings is 1. The maximum absolute atomic E-state index is 12.5. The first-order valence-corrected chi connectivity index (χ1v) is 22.5. The summed E-state index contributed by atoms with van der Waals surface area (Å²) in [4.78, 5) is 19.6. The summed E-state index contributed by atoms with van der Waals surface area (Å²) in [6, 6.07) is 9.24. The van der Waals surface area contributed by atoms with Gasteiger partial charge in [-0.05, 0) is 0 Å². The van der Waals surface area contributed by atoms with Crippen LogP contribution in [0.25, 0.3) is 0 Å². The van der Waals surface area contributed by atoms with Crippen LogP contribution in [-0.2, 0) is 9.22 Å². The van der Waals surface area contributed by atoms with Gasteiger partial charge in [0.15, 0.2) is 0 Å². The van der Waals surface area contributed by atoms with E-state index in [1.807, 2.05) is 18.2 Å². The van der Waals surface area contributed by atoms with Gasteiger partial charge >= 0.3 is 166 Å². The third-order valence-electron chi connectivity index (χ3n) is 4.74. The first kappa shape index (κ1) is 23.4. The second kappa shape index (κ2) is 9.06. The zero-order valence-corrected chi connectivity index (χ0v) is 21.8. The van der Waals surface area contributed by atoms with Crippen LogP contribution >= 0.6 is 0 Å². The van der Waals surface area contributed by atoms with Crippen molar-refractivity contribution in [2.75, 3.05) is 0 Å². The Kier molecular flexibility index (Phi) is 8.17. The minimum atomic E-state index is -2.14. The fraction of sp³-hybridized carbons (Fsp3) is 0.571. The van der Waals surface area contributed by atoms with Crippen molar-refractivity contribution in [1.29, 1.82) is 0 Å². The zero-order chi connectivity index (χ0) is 20.2. The number of esters is 1. The molecular weight excluding hydrogens is 447 g/mol. The van der Waals surface area contributed by atoms with E-state index in [0.717, 1.165) is 0 Å². The molecule has 0 fully saturated rings. The van der Waals surface area contributed by atoms with Crippen LogP contribution in [0.5, 0.6) is 5.75 Å². The molecule has 1 rings (SSSR count). The Morgan fingerprint density at radius 2 is 1.69 bits per heavy atom. The van der Waals surface area contributed by atoms with E-state index in [2.05, 4.69) is 59.7 Å². The van der Waals surface area contributed by atoms with Crippen molar-refractivity contribution in [3.05, 3.63) is 40.0 Å². The minimum absolute atomic E-state index is 0.0971. The van der Waals surface area contributed by atoms with Crippen LogP contribution in [0.15, 0.2) is 40.0 Å². The molecule has 0 aliphatic heterocycles. The van der Waals surface area contributed by atoms with Crippen LogP contribution < -0.4 is 4.74 Å². The summed E-state index contributed by atoms with van der Waals surface area (Å²) in [7, 11) is -1.99. The predicted octanol–water partition coefficient (Wildman–Crippen LogP) is 6.20. The average molecular weight is 483 g/mol. The molecule has 1 atom stereocenters. The van der Waals surface area contributed by atoms with E-state index in [9.17, 15) is 4.79 Å². The van der Waals surface area contributed by atoms with Crippen LogP contribution in [0.1, 0.15) is 34.1 Å². The molecular formula is C21H36O3SiSn. The van der Waals surface area contributed by atoms with Crippen molar-refractivity contribution in [3.8, 4) is 5.75 Å². The van der Waals surface area contributed by atoms with E-state index >= 15 is 0 Å². The molecule has 0 amide bonds. The summed E-state index contributed by atoms with van der Waals surface area (Å²) in [6.45, 7) is 13.2. The fourth-order valence-electron chi connectivity index (χ4n) is 2.42. The van der Waals surface area contributed by atoms with Gasteiger partial charge in [-0.25, -0.2) is 0 Å². The Morgan fingerprint density at radius 1 is 1.15 bits per heavy atom. The zero-order valence-electron chi connectivity index (χ0n) is 18.0. The van der Waals surface area contributed by atoms with Crippen molar-refractivity contribution in [3.63, 3.8) is 0 Å². The van der Waals surface area contributed by atoms with Crippen LogP contribution in [-0.4, -0.2) is 38.8 Å². The molecule has 0 spiro atoms. The molecule has 0 N–H and O–H groups in total. The average Bonchev–Trinajstić information content (AvgIpc) is 2.44. The molecule has 1 unspecified atom stereocenters. The first-order valence-electron chi connectivity index (χ1n) is 9.34. The Balaban J connectivity index is 3.00. The molecule has 1 aromatic carbocycles. The molecule has 0 aliphatic rings. The predicted molar refractivity (Wildman–Crippen MR) is 116 cm³/mol. The van der Waals surface area contributed by atoms with E-state index in [1.54, 1.807) is 12.1 Å².